The third-order valence-electron chi connectivity index (χ3n) is 4.91. The third-order valence-corrected chi connectivity index (χ3v) is 4.91. The maximum absolute atomic E-state index is 11.9. The van der Waals surface area contributed by atoms with Crippen molar-refractivity contribution in [2.45, 2.75) is 25.7 Å². The number of hydrogen-bond donors (Lipinski definition) is 4. The summed E-state index contributed by atoms with van der Waals surface area (Å²) in [6.45, 7) is 2.38. The topological polar surface area (TPSA) is 137 Å². The Kier molecular flexibility index (Phi) is 4.30. The van der Waals surface area contributed by atoms with E-state index in [-0.39, 0.29) is 12.0 Å². The number of allylic oxidation sites excluding steroid dienone is 1. The van der Waals surface area contributed by atoms with E-state index in [0.29, 0.717) is 18.2 Å². The Bertz CT molecular complexity index is 942. The predicted molar refractivity (Wildman–Crippen MR) is 99.9 cm³/mol. The first-order chi connectivity index (χ1) is 13.5. The zero-order chi connectivity index (χ0) is 19.8. The number of nitrogens with two attached hydrogens (primary N) is 1. The lowest BCUT2D eigenvalue weighted by molar-refractivity contribution is -0.119. The Morgan fingerprint density at radius 2 is 2.29 bits per heavy atom. The predicted octanol–water partition coefficient (Wildman–Crippen LogP) is 1.23. The average Bonchev–Trinajstić information content (AvgIpc) is 3.38. The van der Waals surface area contributed by atoms with Gasteiger partial charge < -0.3 is 35.7 Å². The Morgan fingerprint density at radius 3 is 2.89 bits per heavy atom. The summed E-state index contributed by atoms with van der Waals surface area (Å²) in [5.74, 6) is -1.15. The molecule has 4 heterocycles. The van der Waals surface area contributed by atoms with Gasteiger partial charge in [-0.05, 0) is 19.1 Å². The maximum Gasteiger partial charge on any atom is 0.338 e. The number of anilines is 2. The molecule has 146 valence electrons. The molecule has 2 unspecified atom stereocenters. The minimum absolute atomic E-state index is 0.00369. The van der Waals surface area contributed by atoms with Crippen LogP contribution in [0.15, 0.2) is 47.2 Å². The number of nitrogens with one attached hydrogen (secondary N) is 2. The molecule has 0 radical (unpaired) electrons. The van der Waals surface area contributed by atoms with E-state index >= 15 is 0 Å². The molecule has 10 nitrogen and oxygen atoms in total. The fourth-order valence-corrected chi connectivity index (χ4v) is 3.70. The Balaban J connectivity index is 1.87. The van der Waals surface area contributed by atoms with Gasteiger partial charge in [0.25, 0.3) is 0 Å². The van der Waals surface area contributed by atoms with Gasteiger partial charge in [-0.25, -0.2) is 9.78 Å². The summed E-state index contributed by atoms with van der Waals surface area (Å²) in [5.41, 5.74) is 7.74. The summed E-state index contributed by atoms with van der Waals surface area (Å²) in [7, 11) is 0. The van der Waals surface area contributed by atoms with Gasteiger partial charge in [0.15, 0.2) is 5.82 Å². The van der Waals surface area contributed by atoms with Crippen LogP contribution in [0.4, 0.5) is 11.5 Å². The maximum atomic E-state index is 11.9. The number of pyridine rings is 1. The van der Waals surface area contributed by atoms with Crippen LogP contribution in [-0.2, 0) is 4.79 Å². The number of rotatable bonds is 6. The van der Waals surface area contributed by atoms with E-state index < -0.39 is 24.2 Å². The fraction of sp³-hybridized carbons (Fsp3) is 0.278. The zero-order valence-electron chi connectivity index (χ0n) is 15.1. The number of carboxylic acid groups (broad SMARTS) is 1. The number of fused-ring (bicyclic) bond motifs is 1. The van der Waals surface area contributed by atoms with Crippen molar-refractivity contribution in [3.05, 3.63) is 53.9 Å². The lowest BCUT2D eigenvalue weighted by Gasteiger charge is -2.40. The van der Waals surface area contributed by atoms with Crippen molar-refractivity contribution in [1.82, 2.24) is 15.2 Å². The molecule has 0 aromatic carbocycles. The van der Waals surface area contributed by atoms with Crippen LogP contribution in [-0.4, -0.2) is 39.7 Å². The van der Waals surface area contributed by atoms with Crippen molar-refractivity contribution in [2.24, 2.45) is 5.73 Å². The molecule has 2 atom stereocenters. The number of nitrogens with zero attached hydrogens (tertiary/aromatic N) is 3. The molecule has 0 aliphatic carbocycles. The smallest absolute Gasteiger partial charge is 0.338 e. The van der Waals surface area contributed by atoms with Gasteiger partial charge in [-0.2, -0.15) is 0 Å². The minimum Gasteiger partial charge on any atom is -0.478 e. The van der Waals surface area contributed by atoms with E-state index in [0.717, 1.165) is 11.3 Å². The van der Waals surface area contributed by atoms with Crippen molar-refractivity contribution in [1.29, 1.82) is 0 Å². The van der Waals surface area contributed by atoms with E-state index in [4.69, 9.17) is 10.2 Å². The Morgan fingerprint density at radius 1 is 1.46 bits per heavy atom. The average molecular weight is 384 g/mol. The van der Waals surface area contributed by atoms with Crippen molar-refractivity contribution in [3.63, 3.8) is 0 Å². The SMILES string of the molecule is CC1=CNCN1C(CC(N)=O)N1c2c(C(=O)O)ccnc2NC1c1ccoc1. The molecule has 1 amide bonds. The summed E-state index contributed by atoms with van der Waals surface area (Å²) in [6.07, 6.45) is 5.39. The summed E-state index contributed by atoms with van der Waals surface area (Å²) in [6, 6.07) is 3.23. The van der Waals surface area contributed by atoms with Gasteiger partial charge in [0, 0.05) is 23.7 Å². The summed E-state index contributed by atoms with van der Waals surface area (Å²) >= 11 is 0. The fourth-order valence-electron chi connectivity index (χ4n) is 3.70. The van der Waals surface area contributed by atoms with Gasteiger partial charge in [0.05, 0.1) is 36.9 Å². The number of furan rings is 1. The first kappa shape index (κ1) is 17.7. The highest BCUT2D eigenvalue weighted by Gasteiger charge is 2.42. The number of carbonyl (C=O) groups excluding carboxylic acids is 1. The van der Waals surface area contributed by atoms with Crippen LogP contribution >= 0.6 is 0 Å². The molecule has 2 aromatic rings. The first-order valence-corrected chi connectivity index (χ1v) is 8.71. The number of carboxylic acids is 1. The van der Waals surface area contributed by atoms with E-state index in [9.17, 15) is 14.7 Å². The number of amides is 1. The number of primary amides is 1. The molecule has 0 fully saturated rings. The summed E-state index contributed by atoms with van der Waals surface area (Å²) < 4.78 is 5.23. The second kappa shape index (κ2) is 6.80. The molecule has 5 N–H and O–H groups in total. The molecule has 28 heavy (non-hydrogen) atoms. The molecule has 0 saturated carbocycles. The third kappa shape index (κ3) is 2.88. The van der Waals surface area contributed by atoms with Gasteiger partial charge in [0.2, 0.25) is 5.91 Å². The highest BCUT2D eigenvalue weighted by molar-refractivity contribution is 5.99. The minimum atomic E-state index is -1.08. The van der Waals surface area contributed by atoms with Crippen molar-refractivity contribution >= 4 is 23.4 Å². The van der Waals surface area contributed by atoms with Gasteiger partial charge in [-0.3, -0.25) is 4.79 Å². The first-order valence-electron chi connectivity index (χ1n) is 8.71. The van der Waals surface area contributed by atoms with Crippen LogP contribution in [0.2, 0.25) is 0 Å². The van der Waals surface area contributed by atoms with Crippen LogP contribution in [0.5, 0.6) is 0 Å². The number of hydrogen-bond acceptors (Lipinski definition) is 8. The van der Waals surface area contributed by atoms with Gasteiger partial charge in [0.1, 0.15) is 12.3 Å². The van der Waals surface area contributed by atoms with Gasteiger partial charge in [-0.15, -0.1) is 0 Å². The summed E-state index contributed by atoms with van der Waals surface area (Å²) in [5, 5.41) is 16.1. The van der Waals surface area contributed by atoms with Crippen LogP contribution < -0.4 is 21.3 Å². The molecule has 10 heteroatoms. The van der Waals surface area contributed by atoms with Crippen molar-refractivity contribution < 1.29 is 19.1 Å². The molecule has 2 aliphatic heterocycles. The van der Waals surface area contributed by atoms with Gasteiger partial charge >= 0.3 is 5.97 Å². The van der Waals surface area contributed by atoms with E-state index in [1.165, 1.54) is 18.5 Å². The lowest BCUT2D eigenvalue weighted by atomic mass is 10.1. The molecule has 0 saturated heterocycles. The number of carbonyl (C=O) groups is 2. The highest BCUT2D eigenvalue weighted by atomic mass is 16.4. The molecular weight excluding hydrogens is 364 g/mol. The number of aromatic nitrogens is 1. The zero-order valence-corrected chi connectivity index (χ0v) is 15.1. The van der Waals surface area contributed by atoms with Crippen LogP contribution in [0.3, 0.4) is 0 Å². The van der Waals surface area contributed by atoms with E-state index in [1.807, 2.05) is 22.9 Å². The van der Waals surface area contributed by atoms with Gasteiger partial charge in [-0.1, -0.05) is 0 Å². The second-order valence-electron chi connectivity index (χ2n) is 6.64. The largest absolute Gasteiger partial charge is 0.478 e. The normalized spacial score (nSPS) is 18.9. The molecule has 4 rings (SSSR count). The molecule has 0 spiro atoms. The second-order valence-corrected chi connectivity index (χ2v) is 6.64. The van der Waals surface area contributed by atoms with E-state index in [1.54, 1.807) is 12.3 Å². The standard InChI is InChI=1S/C18H20N6O4/c1-10-7-20-9-23(10)14(6-13(19)25)24-15-12(18(26)27)2-4-21-16(15)22-17(24)11-3-5-28-8-11/h2-5,7-8,14,17,20H,6,9H2,1H3,(H2,19,25)(H,21,22)(H,26,27). The lowest BCUT2D eigenvalue weighted by Crippen LogP contribution is -2.51. The number of aromatic carboxylic acids is 1. The molecule has 2 aliphatic rings. The van der Waals surface area contributed by atoms with Crippen molar-refractivity contribution in [2.75, 3.05) is 16.9 Å². The van der Waals surface area contributed by atoms with Crippen LogP contribution in [0.25, 0.3) is 0 Å². The quantitative estimate of drug-likeness (QED) is 0.579. The van der Waals surface area contributed by atoms with Crippen LogP contribution in [0, 0.1) is 0 Å². The molecular formula is C18H20N6O4. The molecule has 2 aromatic heterocycles. The van der Waals surface area contributed by atoms with E-state index in [2.05, 4.69) is 15.6 Å². The highest BCUT2D eigenvalue weighted by Crippen LogP contribution is 2.45. The summed E-state index contributed by atoms with van der Waals surface area (Å²) in [4.78, 5) is 31.9. The van der Waals surface area contributed by atoms with Crippen molar-refractivity contribution in [3.8, 4) is 0 Å². The Hall–Kier alpha value is -3.69. The Labute approximate surface area is 160 Å². The monoisotopic (exact) mass is 384 g/mol. The van der Waals surface area contributed by atoms with Crippen LogP contribution in [0.1, 0.15) is 35.4 Å². The molecule has 0 bridgehead atoms.